The lowest BCUT2D eigenvalue weighted by Crippen LogP contribution is -2.51. The summed E-state index contributed by atoms with van der Waals surface area (Å²) in [6.45, 7) is 4.54. The molecule has 2 aromatic carbocycles. The van der Waals surface area contributed by atoms with Crippen molar-refractivity contribution in [3.8, 4) is 17.2 Å². The highest BCUT2D eigenvalue weighted by Crippen LogP contribution is 2.32. The molecule has 4 rings (SSSR count). The number of hydrogen-bond acceptors (Lipinski definition) is 5. The van der Waals surface area contributed by atoms with Gasteiger partial charge in [0, 0.05) is 32.7 Å². The summed E-state index contributed by atoms with van der Waals surface area (Å²) in [5.41, 5.74) is 2.26. The second-order valence-electron chi connectivity index (χ2n) is 6.49. The molecule has 0 atom stereocenters. The van der Waals surface area contributed by atoms with Crippen molar-refractivity contribution in [2.45, 2.75) is 6.54 Å². The van der Waals surface area contributed by atoms with Crippen LogP contribution in [-0.2, 0) is 6.54 Å². The van der Waals surface area contributed by atoms with Crippen molar-refractivity contribution in [3.05, 3.63) is 48.0 Å². The van der Waals surface area contributed by atoms with Gasteiger partial charge in [0.05, 0.1) is 12.8 Å². The summed E-state index contributed by atoms with van der Waals surface area (Å²) in [5.74, 6) is 2.51. The number of ether oxygens (including phenoxy) is 3. The van der Waals surface area contributed by atoms with E-state index in [-0.39, 0.29) is 0 Å². The molecule has 2 aliphatic heterocycles. The van der Waals surface area contributed by atoms with Crippen molar-refractivity contribution in [2.24, 2.45) is 0 Å². The van der Waals surface area contributed by atoms with E-state index < -0.39 is 0 Å². The van der Waals surface area contributed by atoms with Crippen LogP contribution in [0, 0.1) is 0 Å². The molecule has 1 N–H and O–H groups in total. The summed E-state index contributed by atoms with van der Waals surface area (Å²) in [4.78, 5) is 4.56. The summed E-state index contributed by atoms with van der Waals surface area (Å²) >= 11 is 5.59. The largest absolute Gasteiger partial charge is 0.495 e. The number of nitrogens with zero attached hydrogens (tertiary/aromatic N) is 2. The van der Waals surface area contributed by atoms with Gasteiger partial charge < -0.3 is 29.3 Å². The number of nitrogens with one attached hydrogen (secondary N) is 1. The molecule has 2 aliphatic rings. The molecule has 0 saturated carbocycles. The lowest BCUT2D eigenvalue weighted by Gasteiger charge is -2.37. The molecule has 6 nitrogen and oxygen atoms in total. The second kappa shape index (κ2) is 7.92. The highest BCUT2D eigenvalue weighted by atomic mass is 32.1. The van der Waals surface area contributed by atoms with Gasteiger partial charge in [-0.3, -0.25) is 0 Å². The molecule has 7 heteroatoms. The topological polar surface area (TPSA) is 46.2 Å². The molecule has 1 fully saturated rings. The summed E-state index contributed by atoms with van der Waals surface area (Å²) in [5, 5.41) is 4.14. The molecule has 2 aromatic rings. The average Bonchev–Trinajstić information content (AvgIpc) is 3.20. The maximum absolute atomic E-state index is 5.59. The molecular weight excluding hydrogens is 362 g/mol. The Labute approximate surface area is 164 Å². The number of rotatable bonds is 4. The quantitative estimate of drug-likeness (QED) is 0.812. The van der Waals surface area contributed by atoms with E-state index in [9.17, 15) is 0 Å². The van der Waals surface area contributed by atoms with Crippen molar-refractivity contribution in [1.29, 1.82) is 0 Å². The standard InChI is InChI=1S/C20H23N3O3S/c1-24-17-5-3-2-4-16(17)22-8-10-23(11-9-22)20(27)21-13-15-6-7-18-19(12-15)26-14-25-18/h2-7,12H,8-11,13-14H2,1H3,(H,21,27). The second-order valence-corrected chi connectivity index (χ2v) is 6.88. The van der Waals surface area contributed by atoms with Gasteiger partial charge in [-0.25, -0.2) is 0 Å². The lowest BCUT2D eigenvalue weighted by atomic mass is 10.2. The smallest absolute Gasteiger partial charge is 0.231 e. The van der Waals surface area contributed by atoms with Gasteiger partial charge in [-0.2, -0.15) is 0 Å². The van der Waals surface area contributed by atoms with Crippen molar-refractivity contribution in [3.63, 3.8) is 0 Å². The van der Waals surface area contributed by atoms with E-state index in [4.69, 9.17) is 26.4 Å². The van der Waals surface area contributed by atoms with Crippen LogP contribution in [-0.4, -0.2) is 50.1 Å². The van der Waals surface area contributed by atoms with E-state index in [2.05, 4.69) is 21.2 Å². The number of benzene rings is 2. The Morgan fingerprint density at radius 2 is 1.85 bits per heavy atom. The van der Waals surface area contributed by atoms with Crippen molar-refractivity contribution < 1.29 is 14.2 Å². The van der Waals surface area contributed by atoms with Gasteiger partial charge in [0.15, 0.2) is 16.6 Å². The Balaban J connectivity index is 1.30. The van der Waals surface area contributed by atoms with Gasteiger partial charge in [-0.1, -0.05) is 18.2 Å². The number of methoxy groups -OCH3 is 1. The highest BCUT2D eigenvalue weighted by Gasteiger charge is 2.21. The van der Waals surface area contributed by atoms with Crippen LogP contribution in [0.1, 0.15) is 5.56 Å². The minimum atomic E-state index is 0.293. The van der Waals surface area contributed by atoms with E-state index in [0.717, 1.165) is 59.8 Å². The maximum Gasteiger partial charge on any atom is 0.231 e. The molecule has 0 aromatic heterocycles. The average molecular weight is 385 g/mol. The third-order valence-electron chi connectivity index (χ3n) is 4.87. The number of fused-ring (bicyclic) bond motifs is 1. The fraction of sp³-hybridized carbons (Fsp3) is 0.350. The van der Waals surface area contributed by atoms with E-state index in [0.29, 0.717) is 13.3 Å². The molecular formula is C20H23N3O3S. The van der Waals surface area contributed by atoms with Gasteiger partial charge >= 0.3 is 0 Å². The van der Waals surface area contributed by atoms with Crippen LogP contribution in [0.25, 0.3) is 0 Å². The Bertz CT molecular complexity index is 822. The van der Waals surface area contributed by atoms with Gasteiger partial charge in [0.25, 0.3) is 0 Å². The van der Waals surface area contributed by atoms with Crippen molar-refractivity contribution >= 4 is 23.0 Å². The lowest BCUT2D eigenvalue weighted by molar-refractivity contribution is 0.174. The molecule has 0 spiro atoms. The first-order valence-corrected chi connectivity index (χ1v) is 9.44. The molecule has 142 valence electrons. The molecule has 2 heterocycles. The number of anilines is 1. The Morgan fingerprint density at radius 1 is 1.07 bits per heavy atom. The van der Waals surface area contributed by atoms with Gasteiger partial charge in [-0.15, -0.1) is 0 Å². The fourth-order valence-corrected chi connectivity index (χ4v) is 3.64. The van der Waals surface area contributed by atoms with Crippen LogP contribution in [0.3, 0.4) is 0 Å². The maximum atomic E-state index is 5.59. The zero-order valence-electron chi connectivity index (χ0n) is 15.3. The third kappa shape index (κ3) is 3.88. The Hall–Kier alpha value is -2.67. The van der Waals surface area contributed by atoms with E-state index in [1.54, 1.807) is 7.11 Å². The summed E-state index contributed by atoms with van der Waals surface area (Å²) in [6.07, 6.45) is 0. The molecule has 0 bridgehead atoms. The first-order valence-electron chi connectivity index (χ1n) is 9.04. The molecule has 0 unspecified atom stereocenters. The number of piperazine rings is 1. The van der Waals surface area contributed by atoms with Gasteiger partial charge in [-0.05, 0) is 42.0 Å². The van der Waals surface area contributed by atoms with Crippen LogP contribution in [0.5, 0.6) is 17.2 Å². The van der Waals surface area contributed by atoms with Crippen LogP contribution in [0.15, 0.2) is 42.5 Å². The van der Waals surface area contributed by atoms with E-state index in [1.165, 1.54) is 0 Å². The first-order chi connectivity index (χ1) is 13.2. The minimum Gasteiger partial charge on any atom is -0.495 e. The van der Waals surface area contributed by atoms with Gasteiger partial charge in [0.2, 0.25) is 6.79 Å². The fourth-order valence-electron chi connectivity index (χ4n) is 3.38. The van der Waals surface area contributed by atoms with Crippen LogP contribution in [0.4, 0.5) is 5.69 Å². The monoisotopic (exact) mass is 385 g/mol. The van der Waals surface area contributed by atoms with Crippen molar-refractivity contribution in [2.75, 3.05) is 45.0 Å². The zero-order valence-corrected chi connectivity index (χ0v) is 16.1. The van der Waals surface area contributed by atoms with Crippen LogP contribution < -0.4 is 24.4 Å². The summed E-state index contributed by atoms with van der Waals surface area (Å²) < 4.78 is 16.3. The zero-order chi connectivity index (χ0) is 18.6. The number of thiocarbonyl (C=S) groups is 1. The molecule has 1 saturated heterocycles. The summed E-state index contributed by atoms with van der Waals surface area (Å²) in [7, 11) is 1.71. The van der Waals surface area contributed by atoms with Gasteiger partial charge in [0.1, 0.15) is 5.75 Å². The predicted molar refractivity (Wildman–Crippen MR) is 109 cm³/mol. The molecule has 27 heavy (non-hydrogen) atoms. The minimum absolute atomic E-state index is 0.293. The number of hydrogen-bond donors (Lipinski definition) is 1. The molecule has 0 amide bonds. The Kier molecular flexibility index (Phi) is 5.20. The van der Waals surface area contributed by atoms with E-state index >= 15 is 0 Å². The predicted octanol–water partition coefficient (Wildman–Crippen LogP) is 2.62. The van der Waals surface area contributed by atoms with Crippen molar-refractivity contribution in [1.82, 2.24) is 10.2 Å². The SMILES string of the molecule is COc1ccccc1N1CCN(C(=S)NCc2ccc3c(c2)OCO3)CC1. The van der Waals surface area contributed by atoms with E-state index in [1.807, 2.05) is 36.4 Å². The van der Waals surface area contributed by atoms with Crippen LogP contribution >= 0.6 is 12.2 Å². The normalized spacial score (nSPS) is 15.6. The number of para-hydroxylation sites is 2. The molecule has 0 aliphatic carbocycles. The first kappa shape index (κ1) is 17.7. The molecule has 0 radical (unpaired) electrons. The van der Waals surface area contributed by atoms with Crippen LogP contribution in [0.2, 0.25) is 0 Å². The summed E-state index contributed by atoms with van der Waals surface area (Å²) in [6, 6.07) is 14.1. The Morgan fingerprint density at radius 3 is 2.67 bits per heavy atom. The highest BCUT2D eigenvalue weighted by molar-refractivity contribution is 7.80. The third-order valence-corrected chi connectivity index (χ3v) is 5.28.